The second kappa shape index (κ2) is 13.0. The lowest BCUT2D eigenvalue weighted by Gasteiger charge is -2.42. The monoisotopic (exact) mass is 620 g/mol. The molecule has 9 heteroatoms. The second-order valence-corrected chi connectivity index (χ2v) is 13.2. The maximum absolute atomic E-state index is 6.89. The van der Waals surface area contributed by atoms with Crippen LogP contribution in [0.25, 0.3) is 10.9 Å². The van der Waals surface area contributed by atoms with Crippen LogP contribution in [0.1, 0.15) is 69.3 Å². The molecule has 2 aromatic carbocycles. The van der Waals surface area contributed by atoms with Crippen molar-refractivity contribution in [2.24, 2.45) is 0 Å². The van der Waals surface area contributed by atoms with Gasteiger partial charge in [0.15, 0.2) is 0 Å². The van der Waals surface area contributed by atoms with Crippen LogP contribution < -0.4 is 21.6 Å². The Morgan fingerprint density at radius 3 is 2.47 bits per heavy atom. The fourth-order valence-corrected chi connectivity index (χ4v) is 6.47. The topological polar surface area (TPSA) is 80.4 Å². The molecule has 0 unspecified atom stereocenters. The van der Waals surface area contributed by atoms with Crippen LogP contribution in [0.2, 0.25) is 5.02 Å². The zero-order valence-corrected chi connectivity index (χ0v) is 27.1. The zero-order chi connectivity index (χ0) is 31.6. The van der Waals surface area contributed by atoms with Gasteiger partial charge in [-0.25, -0.2) is 0 Å². The van der Waals surface area contributed by atoms with Crippen molar-refractivity contribution in [3.05, 3.63) is 107 Å². The van der Waals surface area contributed by atoms with Crippen molar-refractivity contribution in [1.29, 1.82) is 0 Å². The van der Waals surface area contributed by atoms with Crippen molar-refractivity contribution in [2.45, 2.75) is 64.2 Å². The summed E-state index contributed by atoms with van der Waals surface area (Å²) < 4.78 is 0. The molecule has 2 aliphatic heterocycles. The van der Waals surface area contributed by atoms with Crippen LogP contribution in [0.4, 0.5) is 11.4 Å². The normalized spacial score (nSPS) is 17.3. The molecule has 4 heterocycles. The number of anilines is 2. The molecule has 232 valence electrons. The predicted octanol–water partition coefficient (Wildman–Crippen LogP) is 7.02. The van der Waals surface area contributed by atoms with E-state index in [0.29, 0.717) is 22.1 Å². The van der Waals surface area contributed by atoms with E-state index in [1.54, 1.807) is 12.4 Å². The highest BCUT2D eigenvalue weighted by Gasteiger charge is 2.32. The minimum Gasteiger partial charge on any atom is -0.377 e. The number of rotatable bonds is 8. The van der Waals surface area contributed by atoms with E-state index in [9.17, 15) is 0 Å². The van der Waals surface area contributed by atoms with Crippen molar-refractivity contribution in [3.63, 3.8) is 0 Å². The molecule has 2 aromatic heterocycles. The van der Waals surface area contributed by atoms with Gasteiger partial charge in [0.2, 0.25) is 0 Å². The Kier molecular flexibility index (Phi) is 8.86. The number of benzene rings is 2. The second-order valence-electron chi connectivity index (χ2n) is 12.8. The fraction of sp³-hybridized carbons (Fsp3) is 0.333. The minimum absolute atomic E-state index is 0.0163. The van der Waals surface area contributed by atoms with E-state index >= 15 is 0 Å². The minimum atomic E-state index is -0.220. The van der Waals surface area contributed by atoms with Crippen LogP contribution >= 0.6 is 11.6 Å². The van der Waals surface area contributed by atoms with Gasteiger partial charge in [-0.2, -0.15) is 0 Å². The molecule has 8 nitrogen and oxygen atoms in total. The number of likely N-dealkylation sites (tertiary alicyclic amines) is 1. The summed E-state index contributed by atoms with van der Waals surface area (Å²) in [5.41, 5.74) is 13.2. The van der Waals surface area contributed by atoms with Gasteiger partial charge in [-0.3, -0.25) is 19.9 Å². The first kappa shape index (κ1) is 30.7. The summed E-state index contributed by atoms with van der Waals surface area (Å²) in [6.07, 6.45) is 15.7. The van der Waals surface area contributed by atoms with E-state index < -0.39 is 0 Å². The number of fused-ring (bicyclic) bond motifs is 1. The van der Waals surface area contributed by atoms with Gasteiger partial charge >= 0.3 is 0 Å². The highest BCUT2D eigenvalue weighted by Crippen LogP contribution is 2.37. The molecule has 6 rings (SSSR count). The van der Waals surface area contributed by atoms with Gasteiger partial charge in [0.05, 0.1) is 33.5 Å². The molecule has 0 saturated carbocycles. The first-order chi connectivity index (χ1) is 21.7. The standard InChI is InChI=1S/C36H41ClN8/c1-6-25-22-39-35-30(33(25)40-24(2)26-11-8-7-9-12-26)19-28(20-31(35)37)41-34(27-13-10-16-38-21-27)32-23-45(43-42-32)29-14-17-44(18-15-29)36(3,4)5/h1,7-13,16,19-24,29,34,41-43H,14-15,17-18H2,2-5H3,(H,39,40)/t24-,34+/m1/s1. The summed E-state index contributed by atoms with van der Waals surface area (Å²) in [5, 5.41) is 11.0. The quantitative estimate of drug-likeness (QED) is 0.157. The van der Waals surface area contributed by atoms with Crippen molar-refractivity contribution >= 4 is 33.9 Å². The van der Waals surface area contributed by atoms with Crippen LogP contribution in [0.5, 0.6) is 0 Å². The lowest BCUT2D eigenvalue weighted by molar-refractivity contribution is 0.0570. The average Bonchev–Trinajstić information content (AvgIpc) is 3.54. The van der Waals surface area contributed by atoms with E-state index in [0.717, 1.165) is 59.5 Å². The third-order valence-corrected chi connectivity index (χ3v) is 9.08. The van der Waals surface area contributed by atoms with Gasteiger partial charge in [-0.15, -0.1) is 12.0 Å². The number of piperidine rings is 1. The van der Waals surface area contributed by atoms with Crippen LogP contribution in [-0.4, -0.2) is 44.5 Å². The van der Waals surface area contributed by atoms with Gasteiger partial charge in [-0.05, 0) is 69.9 Å². The van der Waals surface area contributed by atoms with E-state index in [1.807, 2.05) is 36.5 Å². The summed E-state index contributed by atoms with van der Waals surface area (Å²) in [5.74, 6) is 2.81. The molecule has 4 aromatic rings. The molecule has 45 heavy (non-hydrogen) atoms. The molecule has 4 N–H and O–H groups in total. The summed E-state index contributed by atoms with van der Waals surface area (Å²) in [6, 6.07) is 18.5. The van der Waals surface area contributed by atoms with Crippen LogP contribution in [0.15, 0.2) is 85.1 Å². The number of nitrogens with one attached hydrogen (secondary N) is 4. The molecule has 0 aliphatic carbocycles. The third-order valence-electron chi connectivity index (χ3n) is 8.79. The third kappa shape index (κ3) is 6.71. The number of aromatic nitrogens is 2. The van der Waals surface area contributed by atoms with Gasteiger partial charge in [0.1, 0.15) is 0 Å². The molecule has 2 atom stereocenters. The average molecular weight is 621 g/mol. The highest BCUT2D eigenvalue weighted by atomic mass is 35.5. The molecular weight excluding hydrogens is 580 g/mol. The van der Waals surface area contributed by atoms with Gasteiger partial charge in [-0.1, -0.05) is 53.9 Å². The van der Waals surface area contributed by atoms with Crippen LogP contribution in [0.3, 0.4) is 0 Å². The summed E-state index contributed by atoms with van der Waals surface area (Å²) >= 11 is 6.89. The van der Waals surface area contributed by atoms with E-state index in [2.05, 4.69) is 106 Å². The summed E-state index contributed by atoms with van der Waals surface area (Å²) in [4.78, 5) is 11.6. The Balaban J connectivity index is 1.31. The maximum atomic E-state index is 6.89. The van der Waals surface area contributed by atoms with Crippen molar-refractivity contribution < 1.29 is 0 Å². The van der Waals surface area contributed by atoms with Gasteiger partial charge in [0.25, 0.3) is 0 Å². The number of pyridine rings is 2. The van der Waals surface area contributed by atoms with Crippen molar-refractivity contribution in [1.82, 2.24) is 30.8 Å². The summed E-state index contributed by atoms with van der Waals surface area (Å²) in [6.45, 7) is 11.1. The van der Waals surface area contributed by atoms with Crippen LogP contribution in [0, 0.1) is 12.3 Å². The Labute approximate surface area is 271 Å². The number of hydrazine groups is 2. The zero-order valence-electron chi connectivity index (χ0n) is 26.3. The SMILES string of the molecule is C#Cc1cnc2c(Cl)cc(N[C@H](C3=CN(C4CCN(C(C)(C)C)CC4)NN3)c3cccnc3)cc2c1N[C@H](C)c1ccccc1. The van der Waals surface area contributed by atoms with Gasteiger partial charge in [0, 0.05) is 66.6 Å². The van der Waals surface area contributed by atoms with E-state index in [4.69, 9.17) is 18.0 Å². The Morgan fingerprint density at radius 2 is 1.78 bits per heavy atom. The lowest BCUT2D eigenvalue weighted by atomic mass is 9.98. The predicted molar refractivity (Wildman–Crippen MR) is 184 cm³/mol. The molecule has 0 amide bonds. The molecule has 1 saturated heterocycles. The van der Waals surface area contributed by atoms with E-state index in [-0.39, 0.29) is 17.6 Å². The van der Waals surface area contributed by atoms with Gasteiger partial charge < -0.3 is 16.1 Å². The Morgan fingerprint density at radius 1 is 1.02 bits per heavy atom. The first-order valence-electron chi connectivity index (χ1n) is 15.5. The molecule has 0 spiro atoms. The molecule has 0 bridgehead atoms. The Bertz CT molecular complexity index is 1700. The molecule has 2 aliphatic rings. The summed E-state index contributed by atoms with van der Waals surface area (Å²) in [7, 11) is 0. The Hall–Kier alpha value is -4.29. The first-order valence-corrected chi connectivity index (χ1v) is 15.9. The maximum Gasteiger partial charge on any atom is 0.0959 e. The molecule has 1 fully saturated rings. The van der Waals surface area contributed by atoms with E-state index in [1.165, 1.54) is 0 Å². The van der Waals surface area contributed by atoms with Crippen molar-refractivity contribution in [3.8, 4) is 12.3 Å². The fourth-order valence-electron chi connectivity index (χ4n) is 6.21. The largest absolute Gasteiger partial charge is 0.377 e. The number of nitrogens with zero attached hydrogens (tertiary/aromatic N) is 4. The molecular formula is C36H41ClN8. The highest BCUT2D eigenvalue weighted by molar-refractivity contribution is 6.35. The lowest BCUT2D eigenvalue weighted by Crippen LogP contribution is -2.52. The molecule has 0 radical (unpaired) electrons. The number of hydrogen-bond acceptors (Lipinski definition) is 8. The number of halogens is 1. The smallest absolute Gasteiger partial charge is 0.0959 e. The van der Waals surface area contributed by atoms with Crippen molar-refractivity contribution in [2.75, 3.05) is 23.7 Å². The number of hydrogen-bond donors (Lipinski definition) is 4. The van der Waals surface area contributed by atoms with Crippen LogP contribution in [-0.2, 0) is 0 Å². The number of terminal acetylenes is 1.